The Morgan fingerprint density at radius 3 is 1.82 bits per heavy atom. The molecule has 0 radical (unpaired) electrons. The summed E-state index contributed by atoms with van der Waals surface area (Å²) in [6, 6.07) is 8.98. The molecule has 10 nitrogen and oxygen atoms in total. The van der Waals surface area contributed by atoms with Crippen molar-refractivity contribution in [3.05, 3.63) is 36.5 Å². The number of pyridine rings is 1. The number of rotatable bonds is 0. The van der Waals surface area contributed by atoms with E-state index < -0.39 is 20.8 Å². The van der Waals surface area contributed by atoms with Gasteiger partial charge in [0.25, 0.3) is 0 Å². The van der Waals surface area contributed by atoms with Gasteiger partial charge >= 0.3 is 23.9 Å². The maximum absolute atomic E-state index is 9.09. The van der Waals surface area contributed by atoms with E-state index in [9.17, 15) is 0 Å². The van der Waals surface area contributed by atoms with Crippen LogP contribution in [0.15, 0.2) is 36.5 Å². The minimum atomic E-state index is -5.17. The summed E-state index contributed by atoms with van der Waals surface area (Å²) in [7, 11) is -10.3. The molecule has 1 heterocycles. The average Bonchev–Trinajstić information content (AvgIpc) is 2.24. The minimum Gasteiger partial charge on any atom is -0.759 e. The van der Waals surface area contributed by atoms with E-state index in [-0.39, 0.29) is 29.7 Å². The van der Waals surface area contributed by atoms with E-state index in [4.69, 9.17) is 40.2 Å². The zero-order valence-electron chi connectivity index (χ0n) is 10.4. The fourth-order valence-corrected chi connectivity index (χ4v) is 1.05. The molecule has 0 aliphatic carbocycles. The van der Waals surface area contributed by atoms with Gasteiger partial charge in [0.15, 0.2) is 0 Å². The Hall–Kier alpha value is -1.03. The molecule has 0 saturated heterocycles. The van der Waals surface area contributed by atoms with Crippen molar-refractivity contribution in [3.63, 3.8) is 0 Å². The van der Waals surface area contributed by atoms with Crippen LogP contribution in [0.25, 0.3) is 10.9 Å². The molecule has 0 atom stereocenters. The van der Waals surface area contributed by atoms with Gasteiger partial charge in [0, 0.05) is 38.4 Å². The Kier molecular flexibility index (Phi) is 10.4. The molecule has 1 N–H and O–H groups in total. The van der Waals surface area contributed by atoms with Crippen molar-refractivity contribution in [2.24, 2.45) is 0 Å². The first-order valence-corrected chi connectivity index (χ1v) is 7.40. The van der Waals surface area contributed by atoms with Crippen LogP contribution in [0.3, 0.4) is 0 Å². The first-order valence-electron chi connectivity index (χ1n) is 4.73. The van der Waals surface area contributed by atoms with Crippen LogP contribution in [-0.4, -0.2) is 69.0 Å². The second-order valence-electron chi connectivity index (χ2n) is 3.20. The number of phenolic OH excluding ortho intramolecular Hbond substituents is 1. The van der Waals surface area contributed by atoms with Gasteiger partial charge in [0.05, 0.1) is 5.52 Å². The van der Waals surface area contributed by atoms with Crippen LogP contribution < -0.4 is 0 Å². The summed E-state index contributed by atoms with van der Waals surface area (Å²) in [5.74, 6) is 0.260. The normalized spacial score (nSPS) is 10.4. The number of hydrogen-bond donors (Lipinski definition) is 1. The molecule has 13 heteroatoms. The minimum absolute atomic E-state index is 0. The standard InChI is InChI=1S/C9H7NO.2H2O4S.Sn/c11-8-4-3-7-2-1-5-10-9(7)6-8;2*1-5(2,3)4;/h1-6,11H;2*(H2,1,2,3,4);/q;;;+4/p-4. The van der Waals surface area contributed by atoms with Crippen LogP contribution in [0.1, 0.15) is 0 Å². The van der Waals surface area contributed by atoms with Gasteiger partial charge in [-0.15, -0.1) is 0 Å². The van der Waals surface area contributed by atoms with Crippen molar-refractivity contribution in [1.29, 1.82) is 0 Å². The number of benzene rings is 1. The fraction of sp³-hybridized carbons (Fsp3) is 0. The smallest absolute Gasteiger partial charge is 0.759 e. The molecule has 0 aliphatic rings. The average molecular weight is 456 g/mol. The summed E-state index contributed by atoms with van der Waals surface area (Å²) in [4.78, 5) is 4.08. The summed E-state index contributed by atoms with van der Waals surface area (Å²) in [6.45, 7) is 0. The summed E-state index contributed by atoms with van der Waals surface area (Å²) in [6.07, 6.45) is 1.71. The van der Waals surface area contributed by atoms with Gasteiger partial charge in [-0.05, 0) is 18.2 Å². The molecular weight excluding hydrogens is 449 g/mol. The molecular formula is C9H7NO9S2Sn. The summed E-state index contributed by atoms with van der Waals surface area (Å²) in [5.41, 5.74) is 0.826. The molecule has 0 spiro atoms. The van der Waals surface area contributed by atoms with Gasteiger partial charge in [-0.25, -0.2) is 0 Å². The largest absolute Gasteiger partial charge is 4.00 e. The fourth-order valence-electron chi connectivity index (χ4n) is 1.05. The topological polar surface area (TPSA) is 194 Å². The van der Waals surface area contributed by atoms with Crippen molar-refractivity contribution < 1.29 is 40.2 Å². The molecule has 0 bridgehead atoms. The Morgan fingerprint density at radius 1 is 0.909 bits per heavy atom. The molecule has 0 aliphatic heterocycles. The predicted molar refractivity (Wildman–Crippen MR) is 70.1 cm³/mol. The van der Waals surface area contributed by atoms with E-state index in [1.807, 2.05) is 18.2 Å². The number of aromatic nitrogens is 1. The van der Waals surface area contributed by atoms with Crippen LogP contribution in [0.4, 0.5) is 0 Å². The monoisotopic (exact) mass is 457 g/mol. The maximum atomic E-state index is 9.09. The van der Waals surface area contributed by atoms with E-state index in [1.54, 1.807) is 18.3 Å². The number of hydrogen-bond acceptors (Lipinski definition) is 10. The number of nitrogens with zero attached hydrogens (tertiary/aromatic N) is 1. The van der Waals surface area contributed by atoms with E-state index in [0.717, 1.165) is 10.9 Å². The Balaban J connectivity index is 0. The first-order chi connectivity index (χ1) is 9.36. The second-order valence-corrected chi connectivity index (χ2v) is 4.83. The van der Waals surface area contributed by atoms with E-state index >= 15 is 0 Å². The van der Waals surface area contributed by atoms with Crippen LogP contribution in [0.2, 0.25) is 0 Å². The molecule has 2 aromatic rings. The SMILES string of the molecule is O=S(=O)([O-])[O-].O=S(=O)([O-])[O-].Oc1ccc2cccnc2c1.[Sn+4]. The number of aromatic hydroxyl groups is 1. The zero-order chi connectivity index (χ0) is 16.7. The van der Waals surface area contributed by atoms with Crippen LogP contribution in [0.5, 0.6) is 5.75 Å². The van der Waals surface area contributed by atoms with Crippen molar-refractivity contribution in [2.45, 2.75) is 0 Å². The van der Waals surface area contributed by atoms with Crippen molar-refractivity contribution in [1.82, 2.24) is 4.98 Å². The summed E-state index contributed by atoms with van der Waals surface area (Å²) in [5, 5.41) is 10.1. The molecule has 118 valence electrons. The molecule has 2 rings (SSSR count). The third kappa shape index (κ3) is 17.0. The number of fused-ring (bicyclic) bond motifs is 1. The summed E-state index contributed by atoms with van der Waals surface area (Å²) < 4.78 is 68.2. The Bertz CT molecular complexity index is 746. The third-order valence-corrected chi connectivity index (χ3v) is 1.59. The van der Waals surface area contributed by atoms with Gasteiger partial charge in [-0.2, -0.15) is 0 Å². The Labute approximate surface area is 142 Å². The molecule has 0 fully saturated rings. The molecule has 0 saturated carbocycles. The van der Waals surface area contributed by atoms with Crippen molar-refractivity contribution in [3.8, 4) is 5.75 Å². The zero-order valence-corrected chi connectivity index (χ0v) is 14.9. The molecule has 0 amide bonds. The predicted octanol–water partition coefficient (Wildman–Crippen LogP) is -1.12. The molecule has 1 aromatic heterocycles. The van der Waals surface area contributed by atoms with Crippen LogP contribution in [-0.2, 0) is 20.8 Å². The van der Waals surface area contributed by atoms with E-state index in [0.29, 0.717) is 0 Å². The quantitative estimate of drug-likeness (QED) is 0.288. The summed E-state index contributed by atoms with van der Waals surface area (Å²) >= 11 is 0. The molecule has 1 aromatic carbocycles. The maximum Gasteiger partial charge on any atom is 4.00 e. The Morgan fingerprint density at radius 2 is 1.36 bits per heavy atom. The van der Waals surface area contributed by atoms with E-state index in [1.165, 1.54) is 0 Å². The number of phenols is 1. The first kappa shape index (κ1) is 23.2. The van der Waals surface area contributed by atoms with Gasteiger partial charge in [-0.3, -0.25) is 21.8 Å². The van der Waals surface area contributed by atoms with Crippen molar-refractivity contribution in [2.75, 3.05) is 0 Å². The van der Waals surface area contributed by atoms with Crippen LogP contribution in [0, 0.1) is 0 Å². The molecule has 22 heavy (non-hydrogen) atoms. The van der Waals surface area contributed by atoms with Gasteiger partial charge in [0.1, 0.15) is 5.75 Å². The molecule has 0 unspecified atom stereocenters. The van der Waals surface area contributed by atoms with Gasteiger partial charge in [-0.1, -0.05) is 6.07 Å². The van der Waals surface area contributed by atoms with Crippen molar-refractivity contribution >= 4 is 55.6 Å². The van der Waals surface area contributed by atoms with Gasteiger partial charge in [0.2, 0.25) is 0 Å². The third-order valence-electron chi connectivity index (χ3n) is 1.59. The van der Waals surface area contributed by atoms with E-state index in [2.05, 4.69) is 4.98 Å². The van der Waals surface area contributed by atoms with Gasteiger partial charge < -0.3 is 23.3 Å². The van der Waals surface area contributed by atoms with Crippen LogP contribution >= 0.6 is 0 Å². The second kappa shape index (κ2) is 9.88.